The molecule has 1 amide bonds. The van der Waals surface area contributed by atoms with E-state index in [9.17, 15) is 4.79 Å². The van der Waals surface area contributed by atoms with Gasteiger partial charge >= 0.3 is 0 Å². The topological polar surface area (TPSA) is 75.6 Å². The standard InChI is InChI=1S/C21H24N4O3/c1-15-12-18(16(2)27-15)21(26)25-10-8-24(9-11-25)14-20-23-22-19(28-20)13-17-6-4-3-5-7-17/h3-7,12H,8-11,13-14H2,1-2H3. The van der Waals surface area contributed by atoms with Gasteiger partial charge in [-0.05, 0) is 25.5 Å². The van der Waals surface area contributed by atoms with Gasteiger partial charge in [-0.25, -0.2) is 0 Å². The molecule has 146 valence electrons. The van der Waals surface area contributed by atoms with Gasteiger partial charge in [0.1, 0.15) is 11.5 Å². The minimum Gasteiger partial charge on any atom is -0.466 e. The second-order valence-electron chi connectivity index (χ2n) is 7.15. The van der Waals surface area contributed by atoms with Gasteiger partial charge < -0.3 is 13.7 Å². The van der Waals surface area contributed by atoms with Gasteiger partial charge in [0.2, 0.25) is 11.8 Å². The highest BCUT2D eigenvalue weighted by Gasteiger charge is 2.25. The first-order valence-electron chi connectivity index (χ1n) is 9.52. The lowest BCUT2D eigenvalue weighted by atomic mass is 10.2. The molecular weight excluding hydrogens is 356 g/mol. The molecule has 0 saturated carbocycles. The number of piperazine rings is 1. The summed E-state index contributed by atoms with van der Waals surface area (Å²) in [6.45, 7) is 7.20. The lowest BCUT2D eigenvalue weighted by molar-refractivity contribution is 0.0616. The maximum Gasteiger partial charge on any atom is 0.257 e. The lowest BCUT2D eigenvalue weighted by Gasteiger charge is -2.33. The first kappa shape index (κ1) is 18.4. The molecule has 2 aromatic heterocycles. The molecule has 0 radical (unpaired) electrons. The predicted molar refractivity (Wildman–Crippen MR) is 103 cm³/mol. The molecule has 0 N–H and O–H groups in total. The summed E-state index contributed by atoms with van der Waals surface area (Å²) in [4.78, 5) is 16.8. The van der Waals surface area contributed by atoms with Gasteiger partial charge in [0.05, 0.1) is 18.5 Å². The summed E-state index contributed by atoms with van der Waals surface area (Å²) >= 11 is 0. The van der Waals surface area contributed by atoms with E-state index in [1.165, 1.54) is 0 Å². The molecule has 4 rings (SSSR count). The fourth-order valence-corrected chi connectivity index (χ4v) is 3.51. The van der Waals surface area contributed by atoms with E-state index >= 15 is 0 Å². The van der Waals surface area contributed by atoms with Crippen LogP contribution in [0.25, 0.3) is 0 Å². The number of aryl methyl sites for hydroxylation is 2. The molecule has 7 nitrogen and oxygen atoms in total. The molecule has 1 aromatic carbocycles. The van der Waals surface area contributed by atoms with Crippen molar-refractivity contribution in [2.75, 3.05) is 26.2 Å². The molecule has 0 atom stereocenters. The van der Waals surface area contributed by atoms with E-state index in [2.05, 4.69) is 15.1 Å². The van der Waals surface area contributed by atoms with Crippen LogP contribution in [0.5, 0.6) is 0 Å². The summed E-state index contributed by atoms with van der Waals surface area (Å²) in [6, 6.07) is 11.9. The average Bonchev–Trinajstić information content (AvgIpc) is 3.28. The van der Waals surface area contributed by atoms with Crippen LogP contribution >= 0.6 is 0 Å². The van der Waals surface area contributed by atoms with Crippen LogP contribution in [0.3, 0.4) is 0 Å². The van der Waals surface area contributed by atoms with Crippen molar-refractivity contribution >= 4 is 5.91 Å². The minimum absolute atomic E-state index is 0.0388. The summed E-state index contributed by atoms with van der Waals surface area (Å²) in [7, 11) is 0. The summed E-state index contributed by atoms with van der Waals surface area (Å²) in [6.07, 6.45) is 0.638. The lowest BCUT2D eigenvalue weighted by Crippen LogP contribution is -2.48. The van der Waals surface area contributed by atoms with Crippen molar-refractivity contribution in [2.24, 2.45) is 0 Å². The molecule has 1 saturated heterocycles. The van der Waals surface area contributed by atoms with Crippen LogP contribution in [0.15, 0.2) is 45.2 Å². The number of rotatable bonds is 5. The van der Waals surface area contributed by atoms with Crippen LogP contribution in [0.4, 0.5) is 0 Å². The Balaban J connectivity index is 1.30. The molecule has 3 aromatic rings. The molecule has 1 fully saturated rings. The monoisotopic (exact) mass is 380 g/mol. The van der Waals surface area contributed by atoms with Crippen LogP contribution in [0.1, 0.15) is 39.2 Å². The second-order valence-corrected chi connectivity index (χ2v) is 7.15. The molecule has 7 heteroatoms. The van der Waals surface area contributed by atoms with Gasteiger partial charge in [-0.3, -0.25) is 9.69 Å². The molecule has 0 spiro atoms. The summed E-state index contributed by atoms with van der Waals surface area (Å²) < 4.78 is 11.3. The van der Waals surface area contributed by atoms with Crippen molar-refractivity contribution in [3.05, 3.63) is 70.8 Å². The summed E-state index contributed by atoms with van der Waals surface area (Å²) in [5.41, 5.74) is 1.81. The molecule has 28 heavy (non-hydrogen) atoms. The Kier molecular flexibility index (Phi) is 5.25. The van der Waals surface area contributed by atoms with E-state index in [-0.39, 0.29) is 5.91 Å². The first-order chi connectivity index (χ1) is 13.6. The van der Waals surface area contributed by atoms with E-state index < -0.39 is 0 Å². The number of carbonyl (C=O) groups excluding carboxylic acids is 1. The molecule has 3 heterocycles. The molecular formula is C21H24N4O3. The van der Waals surface area contributed by atoms with Crippen LogP contribution in [-0.4, -0.2) is 52.1 Å². The van der Waals surface area contributed by atoms with E-state index in [0.717, 1.165) is 24.4 Å². The Labute approximate surface area is 164 Å². The van der Waals surface area contributed by atoms with Gasteiger partial charge in [0.25, 0.3) is 5.91 Å². The van der Waals surface area contributed by atoms with Gasteiger partial charge in [-0.1, -0.05) is 30.3 Å². The highest BCUT2D eigenvalue weighted by atomic mass is 16.4. The summed E-state index contributed by atoms with van der Waals surface area (Å²) in [5.74, 6) is 2.73. The van der Waals surface area contributed by atoms with Crippen LogP contribution < -0.4 is 0 Å². The zero-order valence-electron chi connectivity index (χ0n) is 16.2. The molecule has 1 aliphatic heterocycles. The van der Waals surface area contributed by atoms with Gasteiger partial charge in [0, 0.05) is 26.2 Å². The molecule has 0 aliphatic carbocycles. The van der Waals surface area contributed by atoms with E-state index in [1.807, 2.05) is 55.1 Å². The van der Waals surface area contributed by atoms with Gasteiger partial charge in [-0.2, -0.15) is 0 Å². The Bertz CT molecular complexity index is 940. The van der Waals surface area contributed by atoms with Crippen LogP contribution in [0.2, 0.25) is 0 Å². The van der Waals surface area contributed by atoms with Crippen molar-refractivity contribution in [3.8, 4) is 0 Å². The highest BCUT2D eigenvalue weighted by molar-refractivity contribution is 5.95. The SMILES string of the molecule is Cc1cc(C(=O)N2CCN(Cc3nnc(Cc4ccccc4)o3)CC2)c(C)o1. The zero-order valence-corrected chi connectivity index (χ0v) is 16.2. The van der Waals surface area contributed by atoms with E-state index in [1.54, 1.807) is 0 Å². The van der Waals surface area contributed by atoms with E-state index in [0.29, 0.717) is 49.2 Å². The average molecular weight is 380 g/mol. The third-order valence-electron chi connectivity index (χ3n) is 5.00. The minimum atomic E-state index is 0.0388. The number of furan rings is 1. The smallest absolute Gasteiger partial charge is 0.257 e. The Morgan fingerprint density at radius 3 is 2.39 bits per heavy atom. The highest BCUT2D eigenvalue weighted by Crippen LogP contribution is 2.18. The molecule has 0 unspecified atom stereocenters. The number of nitrogens with zero attached hydrogens (tertiary/aromatic N) is 4. The first-order valence-corrected chi connectivity index (χ1v) is 9.52. The number of hydrogen-bond donors (Lipinski definition) is 0. The van der Waals surface area contributed by atoms with Crippen molar-refractivity contribution in [1.82, 2.24) is 20.0 Å². The summed E-state index contributed by atoms with van der Waals surface area (Å²) in [5, 5.41) is 8.32. The Morgan fingerprint density at radius 1 is 1.00 bits per heavy atom. The predicted octanol–water partition coefficient (Wildman–Crippen LogP) is 2.83. The van der Waals surface area contributed by atoms with Crippen molar-refractivity contribution in [2.45, 2.75) is 26.8 Å². The third kappa shape index (κ3) is 4.14. The number of hydrogen-bond acceptors (Lipinski definition) is 6. The fourth-order valence-electron chi connectivity index (χ4n) is 3.51. The molecule has 0 bridgehead atoms. The number of amides is 1. The largest absolute Gasteiger partial charge is 0.466 e. The second kappa shape index (κ2) is 7.98. The van der Waals surface area contributed by atoms with Crippen molar-refractivity contribution in [1.29, 1.82) is 0 Å². The van der Waals surface area contributed by atoms with Gasteiger partial charge in [0.15, 0.2) is 0 Å². The van der Waals surface area contributed by atoms with Crippen LogP contribution in [0, 0.1) is 13.8 Å². The quantitative estimate of drug-likeness (QED) is 0.678. The molecule has 1 aliphatic rings. The number of carbonyl (C=O) groups is 1. The van der Waals surface area contributed by atoms with Crippen molar-refractivity contribution in [3.63, 3.8) is 0 Å². The maximum absolute atomic E-state index is 12.7. The Morgan fingerprint density at radius 2 is 1.71 bits per heavy atom. The van der Waals surface area contributed by atoms with Gasteiger partial charge in [-0.15, -0.1) is 10.2 Å². The normalized spacial score (nSPS) is 15.1. The van der Waals surface area contributed by atoms with E-state index in [4.69, 9.17) is 8.83 Å². The fraction of sp³-hybridized carbons (Fsp3) is 0.381. The van der Waals surface area contributed by atoms with Crippen molar-refractivity contribution < 1.29 is 13.6 Å². The van der Waals surface area contributed by atoms with Crippen LogP contribution in [-0.2, 0) is 13.0 Å². The zero-order chi connectivity index (χ0) is 19.5. The number of aromatic nitrogens is 2. The number of benzene rings is 1. The maximum atomic E-state index is 12.7. The Hall–Kier alpha value is -2.93. The third-order valence-corrected chi connectivity index (χ3v) is 5.00.